The predicted octanol–water partition coefficient (Wildman–Crippen LogP) is 2.99. The Bertz CT molecular complexity index is 531. The second-order valence-electron chi connectivity index (χ2n) is 3.65. The van der Waals surface area contributed by atoms with Gasteiger partial charge in [0.2, 0.25) is 5.13 Å². The number of hydrazone groups is 1. The fraction of sp³-hybridized carbons (Fsp3) is 0.167. The van der Waals surface area contributed by atoms with Crippen molar-refractivity contribution in [3.63, 3.8) is 0 Å². The molecule has 1 aromatic heterocycles. The van der Waals surface area contributed by atoms with Gasteiger partial charge in [0.25, 0.3) is 0 Å². The van der Waals surface area contributed by atoms with Crippen LogP contribution in [0.2, 0.25) is 0 Å². The number of thiazole rings is 1. The number of aromatic hydroxyl groups is 1. The molecule has 0 spiro atoms. The number of aromatic nitrogens is 1. The van der Waals surface area contributed by atoms with E-state index in [-0.39, 0.29) is 5.75 Å². The van der Waals surface area contributed by atoms with Crippen LogP contribution < -0.4 is 5.43 Å². The zero-order valence-corrected chi connectivity index (χ0v) is 10.5. The molecule has 0 aliphatic rings. The first-order chi connectivity index (χ1) is 8.15. The van der Waals surface area contributed by atoms with E-state index in [0.29, 0.717) is 0 Å². The molecule has 2 rings (SSSR count). The zero-order valence-electron chi connectivity index (χ0n) is 9.64. The lowest BCUT2D eigenvalue weighted by molar-refractivity contribution is 0.475. The van der Waals surface area contributed by atoms with Crippen LogP contribution in [0.3, 0.4) is 0 Å². The average molecular weight is 247 g/mol. The summed E-state index contributed by atoms with van der Waals surface area (Å²) in [6.07, 6.45) is 0. The SMILES string of the molecule is C/C(=N/Nc1nc(C)cs1)c1ccc(O)cc1. The van der Waals surface area contributed by atoms with Crippen LogP contribution in [0.1, 0.15) is 18.2 Å². The number of nitrogens with zero attached hydrogens (tertiary/aromatic N) is 2. The minimum atomic E-state index is 0.255. The Balaban J connectivity index is 2.09. The molecule has 0 amide bonds. The molecule has 1 heterocycles. The van der Waals surface area contributed by atoms with Gasteiger partial charge in [-0.25, -0.2) is 4.98 Å². The first kappa shape index (κ1) is 11.6. The van der Waals surface area contributed by atoms with Gasteiger partial charge in [-0.15, -0.1) is 11.3 Å². The van der Waals surface area contributed by atoms with Crippen molar-refractivity contribution in [2.24, 2.45) is 5.10 Å². The molecular weight excluding hydrogens is 234 g/mol. The van der Waals surface area contributed by atoms with Gasteiger partial charge < -0.3 is 5.11 Å². The molecular formula is C12H13N3OS. The van der Waals surface area contributed by atoms with Crippen LogP contribution in [0.15, 0.2) is 34.7 Å². The summed E-state index contributed by atoms with van der Waals surface area (Å²) in [7, 11) is 0. The number of aryl methyl sites for hydroxylation is 1. The molecule has 88 valence electrons. The normalized spacial score (nSPS) is 11.5. The first-order valence-electron chi connectivity index (χ1n) is 5.17. The smallest absolute Gasteiger partial charge is 0.203 e. The highest BCUT2D eigenvalue weighted by molar-refractivity contribution is 7.13. The number of phenols is 1. The summed E-state index contributed by atoms with van der Waals surface area (Å²) < 4.78 is 0. The molecule has 0 fully saturated rings. The average Bonchev–Trinajstić information content (AvgIpc) is 2.73. The Kier molecular flexibility index (Phi) is 3.39. The lowest BCUT2D eigenvalue weighted by Crippen LogP contribution is -1.99. The zero-order chi connectivity index (χ0) is 12.3. The molecule has 0 saturated carbocycles. The van der Waals surface area contributed by atoms with Crippen molar-refractivity contribution < 1.29 is 5.11 Å². The molecule has 2 aromatic rings. The number of hydrogen-bond donors (Lipinski definition) is 2. The van der Waals surface area contributed by atoms with Crippen LogP contribution in [-0.2, 0) is 0 Å². The molecule has 0 aliphatic carbocycles. The lowest BCUT2D eigenvalue weighted by atomic mass is 10.1. The maximum absolute atomic E-state index is 9.19. The van der Waals surface area contributed by atoms with Crippen molar-refractivity contribution in [2.75, 3.05) is 5.43 Å². The van der Waals surface area contributed by atoms with E-state index in [9.17, 15) is 5.11 Å². The second-order valence-corrected chi connectivity index (χ2v) is 4.51. The number of benzene rings is 1. The van der Waals surface area contributed by atoms with Crippen molar-refractivity contribution in [1.29, 1.82) is 0 Å². The van der Waals surface area contributed by atoms with E-state index in [1.54, 1.807) is 12.1 Å². The summed E-state index contributed by atoms with van der Waals surface area (Å²) in [6, 6.07) is 6.93. The van der Waals surface area contributed by atoms with Gasteiger partial charge in [0, 0.05) is 5.38 Å². The number of phenolic OH excluding ortho intramolecular Hbond substituents is 1. The largest absolute Gasteiger partial charge is 0.508 e. The Labute approximate surface area is 104 Å². The van der Waals surface area contributed by atoms with E-state index < -0.39 is 0 Å². The predicted molar refractivity (Wildman–Crippen MR) is 70.8 cm³/mol. The van der Waals surface area contributed by atoms with Gasteiger partial charge in [0.1, 0.15) is 5.75 Å². The van der Waals surface area contributed by atoms with Crippen LogP contribution >= 0.6 is 11.3 Å². The maximum atomic E-state index is 9.19. The lowest BCUT2D eigenvalue weighted by Gasteiger charge is -2.01. The number of nitrogens with one attached hydrogen (secondary N) is 1. The second kappa shape index (κ2) is 4.97. The molecule has 1 aromatic carbocycles. The van der Waals surface area contributed by atoms with Gasteiger partial charge in [-0.1, -0.05) is 0 Å². The summed E-state index contributed by atoms with van der Waals surface area (Å²) in [5, 5.41) is 16.2. The third-order valence-corrected chi connectivity index (χ3v) is 3.09. The highest BCUT2D eigenvalue weighted by Crippen LogP contribution is 2.15. The van der Waals surface area contributed by atoms with E-state index in [2.05, 4.69) is 15.5 Å². The Morgan fingerprint density at radius 3 is 2.65 bits per heavy atom. The number of anilines is 1. The van der Waals surface area contributed by atoms with E-state index in [1.807, 2.05) is 31.4 Å². The summed E-state index contributed by atoms with van der Waals surface area (Å²) in [5.74, 6) is 0.255. The summed E-state index contributed by atoms with van der Waals surface area (Å²) in [4.78, 5) is 4.25. The van der Waals surface area contributed by atoms with Crippen LogP contribution in [-0.4, -0.2) is 15.8 Å². The topological polar surface area (TPSA) is 57.5 Å². The molecule has 17 heavy (non-hydrogen) atoms. The molecule has 0 saturated heterocycles. The molecule has 0 radical (unpaired) electrons. The third-order valence-electron chi connectivity index (χ3n) is 2.22. The van der Waals surface area contributed by atoms with Gasteiger partial charge in [-0.2, -0.15) is 5.10 Å². The quantitative estimate of drug-likeness (QED) is 0.647. The van der Waals surface area contributed by atoms with Crippen molar-refractivity contribution >= 4 is 22.2 Å². The molecule has 0 bridgehead atoms. The van der Waals surface area contributed by atoms with Gasteiger partial charge in [-0.05, 0) is 43.7 Å². The van der Waals surface area contributed by atoms with Gasteiger partial charge in [0.15, 0.2) is 0 Å². The van der Waals surface area contributed by atoms with Crippen molar-refractivity contribution in [2.45, 2.75) is 13.8 Å². The van der Waals surface area contributed by atoms with Crippen molar-refractivity contribution in [3.05, 3.63) is 40.9 Å². The van der Waals surface area contributed by atoms with Gasteiger partial charge >= 0.3 is 0 Å². The standard InChI is InChI=1S/C12H13N3OS/c1-8-7-17-12(13-8)15-14-9(2)10-3-5-11(16)6-4-10/h3-7,16H,1-2H3,(H,13,15)/b14-9-. The molecule has 2 N–H and O–H groups in total. The minimum Gasteiger partial charge on any atom is -0.508 e. The van der Waals surface area contributed by atoms with E-state index >= 15 is 0 Å². The molecule has 5 heteroatoms. The maximum Gasteiger partial charge on any atom is 0.203 e. The molecule has 0 unspecified atom stereocenters. The van der Waals surface area contributed by atoms with Crippen LogP contribution in [0, 0.1) is 6.92 Å². The molecule has 4 nitrogen and oxygen atoms in total. The monoisotopic (exact) mass is 247 g/mol. The van der Waals surface area contributed by atoms with E-state index in [1.165, 1.54) is 11.3 Å². The van der Waals surface area contributed by atoms with Crippen molar-refractivity contribution in [3.8, 4) is 5.75 Å². The summed E-state index contributed by atoms with van der Waals surface area (Å²) >= 11 is 1.52. The van der Waals surface area contributed by atoms with Crippen LogP contribution in [0.4, 0.5) is 5.13 Å². The number of hydrogen-bond acceptors (Lipinski definition) is 5. The Hall–Kier alpha value is -1.88. The van der Waals surface area contributed by atoms with Gasteiger partial charge in [-0.3, -0.25) is 5.43 Å². The third kappa shape index (κ3) is 3.04. The summed E-state index contributed by atoms with van der Waals surface area (Å²) in [6.45, 7) is 3.85. The minimum absolute atomic E-state index is 0.255. The van der Waals surface area contributed by atoms with Crippen molar-refractivity contribution in [1.82, 2.24) is 4.98 Å². The number of rotatable bonds is 3. The molecule has 0 atom stereocenters. The van der Waals surface area contributed by atoms with Crippen LogP contribution in [0.25, 0.3) is 0 Å². The highest BCUT2D eigenvalue weighted by Gasteiger charge is 1.99. The first-order valence-corrected chi connectivity index (χ1v) is 6.05. The fourth-order valence-electron chi connectivity index (χ4n) is 1.30. The van der Waals surface area contributed by atoms with E-state index in [0.717, 1.165) is 22.1 Å². The van der Waals surface area contributed by atoms with Crippen LogP contribution in [0.5, 0.6) is 5.75 Å². The van der Waals surface area contributed by atoms with E-state index in [4.69, 9.17) is 0 Å². The summed E-state index contributed by atoms with van der Waals surface area (Å²) in [5.41, 5.74) is 5.70. The Morgan fingerprint density at radius 2 is 2.06 bits per heavy atom. The highest BCUT2D eigenvalue weighted by atomic mass is 32.1. The fourth-order valence-corrected chi connectivity index (χ4v) is 1.93. The Morgan fingerprint density at radius 1 is 1.35 bits per heavy atom. The molecule has 0 aliphatic heterocycles. The van der Waals surface area contributed by atoms with Gasteiger partial charge in [0.05, 0.1) is 11.4 Å².